The van der Waals surface area contributed by atoms with Crippen LogP contribution in [0.3, 0.4) is 0 Å². The van der Waals surface area contributed by atoms with Gasteiger partial charge in [0.1, 0.15) is 0 Å². The van der Waals surface area contributed by atoms with Crippen molar-refractivity contribution in [3.63, 3.8) is 0 Å². The van der Waals surface area contributed by atoms with E-state index in [1.54, 1.807) is 0 Å². The Morgan fingerprint density at radius 3 is 2.17 bits per heavy atom. The maximum Gasteiger partial charge on any atom is 0.0838 e. The molecule has 1 nitrogen and oxygen atoms in total. The molecule has 1 atom stereocenters. The predicted octanol–water partition coefficient (Wildman–Crippen LogP) is 2.60. The molecule has 0 fully saturated rings. The minimum atomic E-state index is -1.90. The van der Waals surface area contributed by atoms with Gasteiger partial charge < -0.3 is 5.11 Å². The van der Waals surface area contributed by atoms with Crippen molar-refractivity contribution >= 4 is 8.07 Å². The Morgan fingerprint density at radius 2 is 1.75 bits per heavy atom. The van der Waals surface area contributed by atoms with E-state index < -0.39 is 13.8 Å². The lowest BCUT2D eigenvalue weighted by atomic mass is 10.2. The van der Waals surface area contributed by atoms with Crippen LogP contribution in [0.25, 0.3) is 0 Å². The van der Waals surface area contributed by atoms with E-state index in [9.17, 15) is 5.11 Å². The largest absolute Gasteiger partial charge is 0.392 e. The van der Waals surface area contributed by atoms with Crippen LogP contribution in [0.15, 0.2) is 30.3 Å². The van der Waals surface area contributed by atoms with Crippen molar-refractivity contribution in [3.05, 3.63) is 35.9 Å². The fourth-order valence-corrected chi connectivity index (χ4v) is 2.06. The molecule has 0 aliphatic carbocycles. The van der Waals surface area contributed by atoms with E-state index in [4.69, 9.17) is 1.37 Å². The summed E-state index contributed by atoms with van der Waals surface area (Å²) >= 11 is 0. The molecule has 1 unspecified atom stereocenters. The minimum Gasteiger partial charge on any atom is -0.392 e. The van der Waals surface area contributed by atoms with Crippen molar-refractivity contribution in [2.45, 2.75) is 25.3 Å². The Balaban J connectivity index is 3.08. The molecular formula is C10H16OSi. The Morgan fingerprint density at radius 1 is 1.25 bits per heavy atom. The normalized spacial score (nSPS) is 18.2. The maximum atomic E-state index is 10.1. The Bertz CT molecular complexity index is 277. The molecule has 1 rings (SSSR count). The van der Waals surface area contributed by atoms with E-state index >= 15 is 0 Å². The van der Waals surface area contributed by atoms with Crippen LogP contribution in [0.4, 0.5) is 0 Å². The highest BCUT2D eigenvalue weighted by atomic mass is 28.3. The lowest BCUT2D eigenvalue weighted by Crippen LogP contribution is -2.30. The molecule has 0 aliphatic heterocycles. The quantitative estimate of drug-likeness (QED) is 0.695. The van der Waals surface area contributed by atoms with Crippen molar-refractivity contribution in [1.82, 2.24) is 0 Å². The van der Waals surface area contributed by atoms with Crippen LogP contribution in [0.2, 0.25) is 19.6 Å². The van der Waals surface area contributed by atoms with Crippen molar-refractivity contribution in [2.24, 2.45) is 0 Å². The van der Waals surface area contributed by atoms with Crippen molar-refractivity contribution in [1.29, 1.82) is 0 Å². The third-order valence-corrected chi connectivity index (χ3v) is 3.47. The smallest absolute Gasteiger partial charge is 0.0838 e. The van der Waals surface area contributed by atoms with Crippen LogP contribution in [0, 0.1) is 0 Å². The first kappa shape index (κ1) is 8.02. The van der Waals surface area contributed by atoms with Crippen LogP contribution in [0.1, 0.15) is 12.6 Å². The van der Waals surface area contributed by atoms with Crippen LogP contribution < -0.4 is 0 Å². The standard InChI is InChI=1S/C10H16OSi/c1-12(2,3)10(11)9-7-5-4-6-8-9/h4-8,10-11H,1-3H3/i10D. The molecule has 0 heterocycles. The average Bonchev–Trinajstić information content (AvgIpc) is 2.04. The molecule has 1 aromatic carbocycles. The number of hydrogen-bond donors (Lipinski definition) is 1. The van der Waals surface area contributed by atoms with Gasteiger partial charge in [-0.1, -0.05) is 50.0 Å². The van der Waals surface area contributed by atoms with Gasteiger partial charge in [-0.3, -0.25) is 0 Å². The van der Waals surface area contributed by atoms with Crippen LogP contribution in [0.5, 0.6) is 0 Å². The van der Waals surface area contributed by atoms with Gasteiger partial charge in [0.2, 0.25) is 0 Å². The van der Waals surface area contributed by atoms with Gasteiger partial charge in [-0.15, -0.1) is 0 Å². The summed E-state index contributed by atoms with van der Waals surface area (Å²) in [5.41, 5.74) is -0.678. The molecule has 0 radical (unpaired) electrons. The third kappa shape index (κ3) is 2.19. The number of benzene rings is 1. The fraction of sp³-hybridized carbons (Fsp3) is 0.400. The zero-order valence-corrected chi connectivity index (χ0v) is 8.83. The summed E-state index contributed by atoms with van der Waals surface area (Å²) < 4.78 is 7.94. The number of rotatable bonds is 2. The predicted molar refractivity (Wildman–Crippen MR) is 54.7 cm³/mol. The van der Waals surface area contributed by atoms with Gasteiger partial charge in [0, 0.05) is 0 Å². The molecular weight excluding hydrogens is 164 g/mol. The van der Waals surface area contributed by atoms with E-state index in [2.05, 4.69) is 0 Å². The van der Waals surface area contributed by atoms with Gasteiger partial charge in [-0.05, 0) is 5.56 Å². The lowest BCUT2D eigenvalue weighted by molar-refractivity contribution is 0.250. The molecule has 0 saturated heterocycles. The molecule has 1 N–H and O–H groups in total. The molecule has 0 saturated carbocycles. The molecule has 0 bridgehead atoms. The van der Waals surface area contributed by atoms with E-state index in [-0.39, 0.29) is 0 Å². The van der Waals surface area contributed by atoms with Gasteiger partial charge in [0.05, 0.1) is 15.1 Å². The third-order valence-electron chi connectivity index (χ3n) is 1.76. The molecule has 1 aromatic rings. The molecule has 0 aliphatic rings. The Hall–Kier alpha value is -0.603. The topological polar surface area (TPSA) is 20.2 Å². The summed E-state index contributed by atoms with van der Waals surface area (Å²) in [6.45, 7) is 5.98. The minimum absolute atomic E-state index is 0.703. The zero-order valence-electron chi connectivity index (χ0n) is 8.83. The van der Waals surface area contributed by atoms with Gasteiger partial charge in [-0.25, -0.2) is 0 Å². The first-order valence-electron chi connectivity index (χ1n) is 4.63. The SMILES string of the molecule is [2H]C(O)(c1ccccc1)[Si](C)(C)C. The highest BCUT2D eigenvalue weighted by Gasteiger charge is 2.25. The fourth-order valence-electron chi connectivity index (χ4n) is 1.03. The summed E-state index contributed by atoms with van der Waals surface area (Å²) in [4.78, 5) is 0. The highest BCUT2D eigenvalue weighted by molar-refractivity contribution is 6.77. The van der Waals surface area contributed by atoms with Gasteiger partial charge >= 0.3 is 0 Å². The number of hydrogen-bond acceptors (Lipinski definition) is 1. The summed E-state index contributed by atoms with van der Waals surface area (Å²) in [6.07, 6.45) is 0. The summed E-state index contributed by atoms with van der Waals surface area (Å²) in [5, 5.41) is 10.1. The summed E-state index contributed by atoms with van der Waals surface area (Å²) in [5.74, 6) is 0. The Labute approximate surface area is 76.5 Å². The second-order valence-electron chi connectivity index (χ2n) is 3.96. The highest BCUT2D eigenvalue weighted by Crippen LogP contribution is 2.23. The molecule has 66 valence electrons. The van der Waals surface area contributed by atoms with E-state index in [0.717, 1.165) is 0 Å². The second-order valence-corrected chi connectivity index (χ2v) is 8.94. The second kappa shape index (κ2) is 3.41. The average molecular weight is 181 g/mol. The molecule has 2 heteroatoms. The molecule has 12 heavy (non-hydrogen) atoms. The molecule has 0 amide bonds. The summed E-state index contributed by atoms with van der Waals surface area (Å²) in [7, 11) is -1.90. The number of aliphatic hydroxyl groups is 1. The Kier molecular flexibility index (Phi) is 2.28. The van der Waals surface area contributed by atoms with Gasteiger partial charge in [0.25, 0.3) is 0 Å². The molecule has 0 spiro atoms. The zero-order chi connectivity index (χ0) is 10.1. The first-order chi connectivity index (χ1) is 5.86. The van der Waals surface area contributed by atoms with Crippen LogP contribution in [-0.2, 0) is 0 Å². The van der Waals surface area contributed by atoms with Crippen molar-refractivity contribution in [2.75, 3.05) is 0 Å². The summed E-state index contributed by atoms with van der Waals surface area (Å²) in [6, 6.07) is 9.23. The van der Waals surface area contributed by atoms with Crippen LogP contribution >= 0.6 is 0 Å². The van der Waals surface area contributed by atoms with Crippen molar-refractivity contribution in [3.8, 4) is 0 Å². The van der Waals surface area contributed by atoms with E-state index in [0.29, 0.717) is 5.56 Å². The lowest BCUT2D eigenvalue weighted by Gasteiger charge is -2.23. The maximum absolute atomic E-state index is 10.1. The van der Waals surface area contributed by atoms with Crippen LogP contribution in [-0.4, -0.2) is 13.2 Å². The van der Waals surface area contributed by atoms with Gasteiger partial charge in [-0.2, -0.15) is 0 Å². The molecule has 0 aromatic heterocycles. The van der Waals surface area contributed by atoms with Crippen molar-refractivity contribution < 1.29 is 6.48 Å². The van der Waals surface area contributed by atoms with Gasteiger partial charge in [0.15, 0.2) is 0 Å². The van der Waals surface area contributed by atoms with E-state index in [1.807, 2.05) is 50.0 Å². The van der Waals surface area contributed by atoms with E-state index in [1.165, 1.54) is 0 Å². The monoisotopic (exact) mass is 181 g/mol. The first-order valence-corrected chi connectivity index (χ1v) is 7.63.